The second-order valence-corrected chi connectivity index (χ2v) is 3.11. The SMILES string of the molecule is OB(O)Oc1cc(O)cc2ccccc12. The molecule has 0 aromatic heterocycles. The van der Waals surface area contributed by atoms with Crippen LogP contribution in [0, 0.1) is 0 Å². The lowest BCUT2D eigenvalue weighted by molar-refractivity contribution is 0.289. The topological polar surface area (TPSA) is 69.9 Å². The van der Waals surface area contributed by atoms with Crippen molar-refractivity contribution in [3.8, 4) is 11.5 Å². The highest BCUT2D eigenvalue weighted by Gasteiger charge is 2.14. The predicted molar refractivity (Wildman–Crippen MR) is 56.4 cm³/mol. The molecular formula is C10H9BO4. The molecule has 0 saturated carbocycles. The van der Waals surface area contributed by atoms with Crippen LogP contribution >= 0.6 is 0 Å². The fraction of sp³-hybridized carbons (Fsp3) is 0. The Morgan fingerprint density at radius 1 is 1.07 bits per heavy atom. The van der Waals surface area contributed by atoms with Crippen LogP contribution < -0.4 is 4.65 Å². The molecule has 0 saturated heterocycles. The first-order valence-corrected chi connectivity index (χ1v) is 4.41. The molecule has 0 fully saturated rings. The van der Waals surface area contributed by atoms with Gasteiger partial charge in [-0.15, -0.1) is 0 Å². The molecule has 0 spiro atoms. The summed E-state index contributed by atoms with van der Waals surface area (Å²) in [5, 5.41) is 28.3. The van der Waals surface area contributed by atoms with E-state index in [-0.39, 0.29) is 11.5 Å². The largest absolute Gasteiger partial charge is 0.707 e. The van der Waals surface area contributed by atoms with Crippen LogP contribution in [0.4, 0.5) is 0 Å². The Labute approximate surface area is 86.5 Å². The molecule has 0 aliphatic heterocycles. The van der Waals surface area contributed by atoms with E-state index < -0.39 is 7.32 Å². The minimum absolute atomic E-state index is 0.0179. The fourth-order valence-corrected chi connectivity index (χ4v) is 1.47. The van der Waals surface area contributed by atoms with Crippen molar-refractivity contribution >= 4 is 18.1 Å². The Balaban J connectivity index is 2.60. The molecule has 2 rings (SSSR count). The van der Waals surface area contributed by atoms with Crippen LogP contribution in [0.3, 0.4) is 0 Å². The van der Waals surface area contributed by atoms with Crippen LogP contribution in [0.5, 0.6) is 11.5 Å². The highest BCUT2D eigenvalue weighted by molar-refractivity contribution is 6.34. The van der Waals surface area contributed by atoms with Crippen LogP contribution in [-0.4, -0.2) is 22.5 Å². The van der Waals surface area contributed by atoms with Gasteiger partial charge in [0.2, 0.25) is 0 Å². The molecule has 0 atom stereocenters. The number of aromatic hydroxyl groups is 1. The van der Waals surface area contributed by atoms with Crippen molar-refractivity contribution in [2.24, 2.45) is 0 Å². The van der Waals surface area contributed by atoms with Crippen molar-refractivity contribution in [1.82, 2.24) is 0 Å². The Hall–Kier alpha value is -1.72. The quantitative estimate of drug-likeness (QED) is 0.635. The highest BCUT2D eigenvalue weighted by atomic mass is 16.6. The van der Waals surface area contributed by atoms with E-state index in [2.05, 4.69) is 0 Å². The Morgan fingerprint density at radius 3 is 2.53 bits per heavy atom. The Morgan fingerprint density at radius 2 is 1.80 bits per heavy atom. The van der Waals surface area contributed by atoms with Crippen molar-refractivity contribution in [3.63, 3.8) is 0 Å². The van der Waals surface area contributed by atoms with Crippen LogP contribution in [0.15, 0.2) is 36.4 Å². The average molecular weight is 204 g/mol. The third-order valence-corrected chi connectivity index (χ3v) is 2.04. The van der Waals surface area contributed by atoms with Gasteiger partial charge < -0.3 is 19.8 Å². The second-order valence-electron chi connectivity index (χ2n) is 3.11. The molecule has 4 nitrogen and oxygen atoms in total. The molecule has 76 valence electrons. The highest BCUT2D eigenvalue weighted by Crippen LogP contribution is 2.30. The van der Waals surface area contributed by atoms with E-state index in [9.17, 15) is 5.11 Å². The summed E-state index contributed by atoms with van der Waals surface area (Å²) in [7, 11) is -1.89. The Kier molecular flexibility index (Phi) is 2.49. The molecule has 0 aliphatic rings. The van der Waals surface area contributed by atoms with E-state index in [4.69, 9.17) is 14.7 Å². The van der Waals surface area contributed by atoms with Crippen LogP contribution in [0.2, 0.25) is 0 Å². The maximum atomic E-state index is 9.38. The first-order valence-electron chi connectivity index (χ1n) is 4.41. The molecule has 15 heavy (non-hydrogen) atoms. The van der Waals surface area contributed by atoms with Gasteiger partial charge in [0.05, 0.1) is 0 Å². The number of rotatable bonds is 2. The molecule has 0 bridgehead atoms. The van der Waals surface area contributed by atoms with Gasteiger partial charge in [0.1, 0.15) is 11.5 Å². The van der Waals surface area contributed by atoms with Gasteiger partial charge >= 0.3 is 7.32 Å². The maximum Gasteiger partial charge on any atom is 0.707 e. The molecule has 0 amide bonds. The second kappa shape index (κ2) is 3.80. The van der Waals surface area contributed by atoms with Gasteiger partial charge in [-0.1, -0.05) is 24.3 Å². The van der Waals surface area contributed by atoms with Gasteiger partial charge in [0.25, 0.3) is 0 Å². The van der Waals surface area contributed by atoms with Gasteiger partial charge in [-0.05, 0) is 11.5 Å². The van der Waals surface area contributed by atoms with Gasteiger partial charge in [-0.2, -0.15) is 0 Å². The van der Waals surface area contributed by atoms with Crippen molar-refractivity contribution in [2.75, 3.05) is 0 Å². The van der Waals surface area contributed by atoms with E-state index in [0.29, 0.717) is 5.39 Å². The molecule has 0 unspecified atom stereocenters. The lowest BCUT2D eigenvalue weighted by atomic mass is 10.1. The molecule has 2 aromatic rings. The maximum absolute atomic E-state index is 9.38. The summed E-state index contributed by atoms with van der Waals surface area (Å²) in [4.78, 5) is 0. The molecule has 0 heterocycles. The van der Waals surface area contributed by atoms with Gasteiger partial charge in [-0.3, -0.25) is 0 Å². The number of phenolic OH excluding ortho intramolecular Hbond substituents is 1. The molecule has 0 aliphatic carbocycles. The Bertz CT molecular complexity index is 484. The zero-order valence-corrected chi connectivity index (χ0v) is 7.79. The predicted octanol–water partition coefficient (Wildman–Crippen LogP) is 0.894. The van der Waals surface area contributed by atoms with Crippen LogP contribution in [-0.2, 0) is 0 Å². The minimum atomic E-state index is -1.89. The molecule has 2 aromatic carbocycles. The number of hydrogen-bond acceptors (Lipinski definition) is 4. The smallest absolute Gasteiger partial charge is 0.511 e. The standard InChI is InChI=1S/C10H9BO4/c12-8-5-7-3-1-2-4-9(7)10(6-8)15-11(13)14/h1-6,12-14H. The monoisotopic (exact) mass is 204 g/mol. The molecule has 3 N–H and O–H groups in total. The first-order chi connectivity index (χ1) is 7.16. The summed E-state index contributed by atoms with van der Waals surface area (Å²) in [6, 6.07) is 10.1. The number of benzene rings is 2. The number of fused-ring (bicyclic) bond motifs is 1. The summed E-state index contributed by atoms with van der Waals surface area (Å²) in [5.74, 6) is 0.255. The summed E-state index contributed by atoms with van der Waals surface area (Å²) >= 11 is 0. The van der Waals surface area contributed by atoms with Crippen LogP contribution in [0.25, 0.3) is 10.8 Å². The zero-order chi connectivity index (χ0) is 10.8. The van der Waals surface area contributed by atoms with E-state index >= 15 is 0 Å². The van der Waals surface area contributed by atoms with E-state index in [1.807, 2.05) is 6.07 Å². The van der Waals surface area contributed by atoms with Gasteiger partial charge in [0.15, 0.2) is 0 Å². The van der Waals surface area contributed by atoms with Crippen molar-refractivity contribution in [1.29, 1.82) is 0 Å². The molecule has 5 heteroatoms. The van der Waals surface area contributed by atoms with Crippen molar-refractivity contribution in [2.45, 2.75) is 0 Å². The lowest BCUT2D eigenvalue weighted by Crippen LogP contribution is -2.20. The zero-order valence-electron chi connectivity index (χ0n) is 7.79. The van der Waals surface area contributed by atoms with Gasteiger partial charge in [-0.25, -0.2) is 0 Å². The van der Waals surface area contributed by atoms with E-state index in [1.165, 1.54) is 6.07 Å². The van der Waals surface area contributed by atoms with Crippen molar-refractivity contribution < 1.29 is 19.8 Å². The third kappa shape index (κ3) is 2.03. The summed E-state index contributed by atoms with van der Waals surface area (Å²) in [6.45, 7) is 0. The van der Waals surface area contributed by atoms with Gasteiger partial charge in [0, 0.05) is 11.5 Å². The summed E-state index contributed by atoms with van der Waals surface area (Å²) in [5.41, 5.74) is 0. The average Bonchev–Trinajstić information content (AvgIpc) is 2.16. The lowest BCUT2D eigenvalue weighted by Gasteiger charge is -2.08. The van der Waals surface area contributed by atoms with Crippen LogP contribution in [0.1, 0.15) is 0 Å². The fourth-order valence-electron chi connectivity index (χ4n) is 1.47. The minimum Gasteiger partial charge on any atom is -0.511 e. The van der Waals surface area contributed by atoms with E-state index in [0.717, 1.165) is 5.39 Å². The normalized spacial score (nSPS) is 10.3. The summed E-state index contributed by atoms with van der Waals surface area (Å²) in [6.07, 6.45) is 0. The molecule has 0 radical (unpaired) electrons. The first kappa shape index (κ1) is 9.83. The summed E-state index contributed by atoms with van der Waals surface area (Å²) < 4.78 is 4.76. The third-order valence-electron chi connectivity index (χ3n) is 2.04. The number of phenols is 1. The number of hydrogen-bond donors (Lipinski definition) is 3. The van der Waals surface area contributed by atoms with Crippen molar-refractivity contribution in [3.05, 3.63) is 36.4 Å². The molecular weight excluding hydrogens is 195 g/mol. The van der Waals surface area contributed by atoms with E-state index in [1.54, 1.807) is 24.3 Å².